The van der Waals surface area contributed by atoms with Crippen LogP contribution in [0.15, 0.2) is 48.5 Å². The molecule has 2 aromatic carbocycles. The van der Waals surface area contributed by atoms with Crippen LogP contribution in [-0.4, -0.2) is 0 Å². The van der Waals surface area contributed by atoms with E-state index >= 15 is 0 Å². The minimum atomic E-state index is 0.294. The average Bonchev–Trinajstić information content (AvgIpc) is 2.45. The molecule has 0 fully saturated rings. The highest BCUT2D eigenvalue weighted by atomic mass is 14.9. The fourth-order valence-corrected chi connectivity index (χ4v) is 3.21. The second-order valence-corrected chi connectivity index (χ2v) is 6.57. The summed E-state index contributed by atoms with van der Waals surface area (Å²) < 4.78 is 0. The lowest BCUT2D eigenvalue weighted by Gasteiger charge is -2.37. The van der Waals surface area contributed by atoms with Gasteiger partial charge in [-0.3, -0.25) is 0 Å². The van der Waals surface area contributed by atoms with Gasteiger partial charge in [-0.15, -0.1) is 0 Å². The summed E-state index contributed by atoms with van der Waals surface area (Å²) in [5.41, 5.74) is 5.78. The van der Waals surface area contributed by atoms with E-state index in [0.717, 1.165) is 0 Å². The van der Waals surface area contributed by atoms with Crippen molar-refractivity contribution in [3.8, 4) is 0 Å². The van der Waals surface area contributed by atoms with E-state index in [9.17, 15) is 0 Å². The summed E-state index contributed by atoms with van der Waals surface area (Å²) >= 11 is 0. The van der Waals surface area contributed by atoms with Gasteiger partial charge in [0, 0.05) is 5.69 Å². The van der Waals surface area contributed by atoms with Crippen molar-refractivity contribution in [3.05, 3.63) is 65.2 Å². The molecular formula is C19H23N. The van der Waals surface area contributed by atoms with Crippen molar-refractivity contribution in [2.24, 2.45) is 0 Å². The van der Waals surface area contributed by atoms with Crippen LogP contribution in [0.1, 0.15) is 49.4 Å². The summed E-state index contributed by atoms with van der Waals surface area (Å²) in [6.07, 6.45) is 2.42. The van der Waals surface area contributed by atoms with Crippen molar-refractivity contribution in [2.75, 3.05) is 5.32 Å². The standard InChI is InChI=1S/C19H23N/c1-14-8-10-15(11-9-14)20-18-12-13-19(2,3)17-7-5-4-6-16(17)18/h4-11,18,20H,12-13H2,1-3H3. The van der Waals surface area contributed by atoms with Gasteiger partial charge in [0.1, 0.15) is 0 Å². The summed E-state index contributed by atoms with van der Waals surface area (Å²) in [6, 6.07) is 18.0. The van der Waals surface area contributed by atoms with Crippen molar-refractivity contribution in [1.82, 2.24) is 0 Å². The highest BCUT2D eigenvalue weighted by Crippen LogP contribution is 2.42. The summed E-state index contributed by atoms with van der Waals surface area (Å²) in [4.78, 5) is 0. The van der Waals surface area contributed by atoms with Gasteiger partial charge in [0.05, 0.1) is 6.04 Å². The lowest BCUT2D eigenvalue weighted by atomic mass is 9.71. The zero-order valence-corrected chi connectivity index (χ0v) is 12.6. The Balaban J connectivity index is 1.90. The predicted octanol–water partition coefficient (Wildman–Crippen LogP) is 5.22. The molecular weight excluding hydrogens is 242 g/mol. The molecule has 0 saturated carbocycles. The molecule has 3 rings (SSSR count). The number of hydrogen-bond acceptors (Lipinski definition) is 1. The van der Waals surface area contributed by atoms with Crippen LogP contribution >= 0.6 is 0 Å². The SMILES string of the molecule is Cc1ccc(NC2CCC(C)(C)c3ccccc32)cc1. The third kappa shape index (κ3) is 2.45. The van der Waals surface area contributed by atoms with E-state index in [1.54, 1.807) is 0 Å². The van der Waals surface area contributed by atoms with E-state index in [1.165, 1.54) is 35.2 Å². The molecule has 0 radical (unpaired) electrons. The van der Waals surface area contributed by atoms with Gasteiger partial charge in [-0.05, 0) is 48.4 Å². The molecule has 0 spiro atoms. The Kier molecular flexibility index (Phi) is 3.29. The van der Waals surface area contributed by atoms with Crippen LogP contribution in [0.2, 0.25) is 0 Å². The predicted molar refractivity (Wildman–Crippen MR) is 86.2 cm³/mol. The summed E-state index contributed by atoms with van der Waals surface area (Å²) in [5, 5.41) is 3.70. The third-order valence-electron chi connectivity index (χ3n) is 4.52. The molecule has 104 valence electrons. The summed E-state index contributed by atoms with van der Waals surface area (Å²) in [7, 11) is 0. The van der Waals surface area contributed by atoms with Gasteiger partial charge in [0.25, 0.3) is 0 Å². The van der Waals surface area contributed by atoms with Gasteiger partial charge in [0.15, 0.2) is 0 Å². The maximum absolute atomic E-state index is 3.70. The smallest absolute Gasteiger partial charge is 0.0517 e. The minimum Gasteiger partial charge on any atom is -0.378 e. The molecule has 1 atom stereocenters. The Hall–Kier alpha value is -1.76. The molecule has 0 saturated heterocycles. The molecule has 1 nitrogen and oxygen atoms in total. The van der Waals surface area contributed by atoms with Crippen LogP contribution in [0.25, 0.3) is 0 Å². The van der Waals surface area contributed by atoms with Crippen LogP contribution in [-0.2, 0) is 5.41 Å². The van der Waals surface area contributed by atoms with Crippen LogP contribution in [0.4, 0.5) is 5.69 Å². The summed E-state index contributed by atoms with van der Waals surface area (Å²) in [6.45, 7) is 6.84. The molecule has 0 amide bonds. The van der Waals surface area contributed by atoms with Gasteiger partial charge in [-0.1, -0.05) is 55.8 Å². The van der Waals surface area contributed by atoms with Gasteiger partial charge >= 0.3 is 0 Å². The second kappa shape index (κ2) is 4.97. The zero-order chi connectivity index (χ0) is 14.2. The lowest BCUT2D eigenvalue weighted by molar-refractivity contribution is 0.406. The number of aryl methyl sites for hydroxylation is 1. The number of hydrogen-bond donors (Lipinski definition) is 1. The third-order valence-corrected chi connectivity index (χ3v) is 4.52. The van der Waals surface area contributed by atoms with Gasteiger partial charge < -0.3 is 5.32 Å². The van der Waals surface area contributed by atoms with Crippen LogP contribution in [0, 0.1) is 6.92 Å². The van der Waals surface area contributed by atoms with Crippen molar-refractivity contribution in [3.63, 3.8) is 0 Å². The van der Waals surface area contributed by atoms with Crippen molar-refractivity contribution >= 4 is 5.69 Å². The fraction of sp³-hybridized carbons (Fsp3) is 0.368. The lowest BCUT2D eigenvalue weighted by Crippen LogP contribution is -2.29. The number of fused-ring (bicyclic) bond motifs is 1. The van der Waals surface area contributed by atoms with Crippen molar-refractivity contribution < 1.29 is 0 Å². The highest BCUT2D eigenvalue weighted by molar-refractivity contribution is 5.49. The highest BCUT2D eigenvalue weighted by Gasteiger charge is 2.32. The Labute approximate surface area is 122 Å². The Bertz CT molecular complexity index is 595. The first-order valence-electron chi connectivity index (χ1n) is 7.49. The fourth-order valence-electron chi connectivity index (χ4n) is 3.21. The normalized spacial score (nSPS) is 20.2. The van der Waals surface area contributed by atoms with Gasteiger partial charge in [-0.25, -0.2) is 0 Å². The van der Waals surface area contributed by atoms with Crippen LogP contribution in [0.5, 0.6) is 0 Å². The Morgan fingerprint density at radius 3 is 2.45 bits per heavy atom. The zero-order valence-electron chi connectivity index (χ0n) is 12.6. The minimum absolute atomic E-state index is 0.294. The number of rotatable bonds is 2. The summed E-state index contributed by atoms with van der Waals surface area (Å²) in [5.74, 6) is 0. The second-order valence-electron chi connectivity index (χ2n) is 6.57. The molecule has 1 unspecified atom stereocenters. The molecule has 1 heteroatoms. The average molecular weight is 265 g/mol. The Morgan fingerprint density at radius 1 is 1.00 bits per heavy atom. The van der Waals surface area contributed by atoms with E-state index in [2.05, 4.69) is 74.6 Å². The van der Waals surface area contributed by atoms with E-state index in [0.29, 0.717) is 11.5 Å². The first kappa shape index (κ1) is 13.2. The van der Waals surface area contributed by atoms with E-state index < -0.39 is 0 Å². The van der Waals surface area contributed by atoms with E-state index in [-0.39, 0.29) is 0 Å². The molecule has 1 aliphatic carbocycles. The molecule has 1 aliphatic rings. The number of anilines is 1. The first-order valence-corrected chi connectivity index (χ1v) is 7.49. The van der Waals surface area contributed by atoms with Gasteiger partial charge in [0.2, 0.25) is 0 Å². The van der Waals surface area contributed by atoms with Crippen LogP contribution in [0.3, 0.4) is 0 Å². The molecule has 20 heavy (non-hydrogen) atoms. The molecule has 0 bridgehead atoms. The van der Waals surface area contributed by atoms with E-state index in [1.807, 2.05) is 0 Å². The Morgan fingerprint density at radius 2 is 1.70 bits per heavy atom. The molecule has 1 N–H and O–H groups in total. The van der Waals surface area contributed by atoms with Gasteiger partial charge in [-0.2, -0.15) is 0 Å². The van der Waals surface area contributed by atoms with E-state index in [4.69, 9.17) is 0 Å². The molecule has 0 heterocycles. The first-order chi connectivity index (χ1) is 9.56. The largest absolute Gasteiger partial charge is 0.378 e. The number of benzene rings is 2. The monoisotopic (exact) mass is 265 g/mol. The maximum Gasteiger partial charge on any atom is 0.0517 e. The maximum atomic E-state index is 3.70. The van der Waals surface area contributed by atoms with Crippen LogP contribution < -0.4 is 5.32 Å². The molecule has 2 aromatic rings. The number of nitrogens with one attached hydrogen (secondary N) is 1. The quantitative estimate of drug-likeness (QED) is 0.785. The topological polar surface area (TPSA) is 12.0 Å². The molecule has 0 aliphatic heterocycles. The molecule has 0 aromatic heterocycles. The van der Waals surface area contributed by atoms with Crippen molar-refractivity contribution in [2.45, 2.75) is 45.1 Å². The van der Waals surface area contributed by atoms with Crippen molar-refractivity contribution in [1.29, 1.82) is 0 Å².